The van der Waals surface area contributed by atoms with Gasteiger partial charge in [-0.25, -0.2) is 0 Å². The molecule has 0 saturated carbocycles. The number of hydrogen-bond donors (Lipinski definition) is 4. The monoisotopic (exact) mass is 307 g/mol. The second-order valence-corrected chi connectivity index (χ2v) is 1.15. The van der Waals surface area contributed by atoms with Crippen molar-refractivity contribution in [2.45, 2.75) is 0 Å². The molecular weight excluding hydrogens is 290 g/mol. The quantitative estimate of drug-likeness (QED) is 0.465. The molecule has 0 atom stereocenters. The van der Waals surface area contributed by atoms with E-state index in [1.807, 2.05) is 0 Å². The van der Waals surface area contributed by atoms with Gasteiger partial charge in [-0.1, -0.05) is 0 Å². The average molecular weight is 306 g/mol. The summed E-state index contributed by atoms with van der Waals surface area (Å²) in [5, 5.41) is 0. The minimum absolute atomic E-state index is 0. The van der Waals surface area contributed by atoms with Crippen molar-refractivity contribution >= 4 is 0 Å². The third kappa shape index (κ3) is 57.4. The van der Waals surface area contributed by atoms with Crippen LogP contribution in [0.25, 0.3) is 0 Å². The first-order valence-electron chi connectivity index (χ1n) is 2.63. The summed E-state index contributed by atoms with van der Waals surface area (Å²) in [6.45, 7) is 2.39. The van der Waals surface area contributed by atoms with Crippen LogP contribution >= 0.6 is 0 Å². The van der Waals surface area contributed by atoms with Crippen LogP contribution < -0.4 is 22.9 Å². The molecule has 0 fully saturated rings. The van der Waals surface area contributed by atoms with E-state index in [1.165, 1.54) is 0 Å². The summed E-state index contributed by atoms with van der Waals surface area (Å²) in [6, 6.07) is 0. The van der Waals surface area contributed by atoms with E-state index < -0.39 is 0 Å². The molecule has 0 bridgehead atoms. The van der Waals surface area contributed by atoms with Crippen LogP contribution in [0.3, 0.4) is 0 Å². The standard InChI is InChI=1S/2C2H8N2.Re/c2*3-1-2-4;/h2*1-4H2;. The van der Waals surface area contributed by atoms with Gasteiger partial charge in [-0.3, -0.25) is 0 Å². The Hall–Kier alpha value is 0.502. The molecule has 9 heavy (non-hydrogen) atoms. The van der Waals surface area contributed by atoms with Crippen molar-refractivity contribution in [3.63, 3.8) is 0 Å². The summed E-state index contributed by atoms with van der Waals surface area (Å²) in [5.41, 5.74) is 19.6. The number of hydrogen-bond acceptors (Lipinski definition) is 4. The van der Waals surface area contributed by atoms with Gasteiger partial charge in [0.2, 0.25) is 0 Å². The second kappa shape index (κ2) is 23.6. The molecule has 0 aromatic heterocycles. The average Bonchev–Trinajstić information content (AvgIpc) is 1.88. The molecule has 0 heterocycles. The zero-order valence-corrected chi connectivity index (χ0v) is 8.23. The Kier molecular flexibility index (Phi) is 42.6. The van der Waals surface area contributed by atoms with Crippen LogP contribution in [0.2, 0.25) is 0 Å². The Balaban J connectivity index is -0.0000000720. The Bertz CT molecular complexity index is 20.5. The fourth-order valence-electron chi connectivity index (χ4n) is 0. The Morgan fingerprint density at radius 3 is 0.667 bits per heavy atom. The van der Waals surface area contributed by atoms with Gasteiger partial charge in [0, 0.05) is 46.6 Å². The van der Waals surface area contributed by atoms with Gasteiger partial charge in [0.25, 0.3) is 0 Å². The zero-order chi connectivity index (χ0) is 6.83. The zero-order valence-electron chi connectivity index (χ0n) is 5.52. The molecule has 0 aromatic carbocycles. The van der Waals surface area contributed by atoms with Gasteiger partial charge < -0.3 is 22.9 Å². The van der Waals surface area contributed by atoms with E-state index in [0.29, 0.717) is 26.2 Å². The van der Waals surface area contributed by atoms with Crippen molar-refractivity contribution in [2.75, 3.05) is 26.2 Å². The van der Waals surface area contributed by atoms with Gasteiger partial charge in [0.15, 0.2) is 0 Å². The van der Waals surface area contributed by atoms with Gasteiger partial charge in [-0.2, -0.15) is 0 Å². The van der Waals surface area contributed by atoms with Crippen LogP contribution in [0.5, 0.6) is 0 Å². The van der Waals surface area contributed by atoms with E-state index in [0.717, 1.165) is 0 Å². The second-order valence-electron chi connectivity index (χ2n) is 1.15. The van der Waals surface area contributed by atoms with Crippen LogP contribution in [0.15, 0.2) is 0 Å². The fraction of sp³-hybridized carbons (Fsp3) is 1.00. The van der Waals surface area contributed by atoms with Gasteiger partial charge in [-0.15, -0.1) is 0 Å². The molecule has 0 rings (SSSR count). The summed E-state index contributed by atoms with van der Waals surface area (Å²) < 4.78 is 0. The largest absolute Gasteiger partial charge is 0.329 e. The maximum Gasteiger partial charge on any atom is 0.00461 e. The normalized spacial score (nSPS) is 6.67. The summed E-state index contributed by atoms with van der Waals surface area (Å²) in [7, 11) is 0. The van der Waals surface area contributed by atoms with Gasteiger partial charge in [-0.05, 0) is 0 Å². The maximum atomic E-state index is 4.90. The van der Waals surface area contributed by atoms with Crippen molar-refractivity contribution in [3.8, 4) is 0 Å². The molecule has 8 N–H and O–H groups in total. The van der Waals surface area contributed by atoms with Crippen LogP contribution in [0.4, 0.5) is 0 Å². The molecule has 0 aromatic rings. The molecule has 0 aliphatic carbocycles. The Labute approximate surface area is 70.0 Å². The molecule has 0 spiro atoms. The molecule has 0 saturated heterocycles. The molecule has 5 heteroatoms. The smallest absolute Gasteiger partial charge is 0.00461 e. The third-order valence-corrected chi connectivity index (χ3v) is 0.333. The molecule has 0 unspecified atom stereocenters. The molecule has 0 amide bonds. The number of nitrogens with two attached hydrogens (primary N) is 4. The van der Waals surface area contributed by atoms with Crippen molar-refractivity contribution in [3.05, 3.63) is 0 Å². The minimum Gasteiger partial charge on any atom is -0.329 e. The van der Waals surface area contributed by atoms with Crippen LogP contribution in [-0.2, 0) is 20.4 Å². The predicted octanol–water partition coefficient (Wildman–Crippen LogP) is -2.19. The van der Waals surface area contributed by atoms with E-state index in [9.17, 15) is 0 Å². The first kappa shape index (κ1) is 16.2. The van der Waals surface area contributed by atoms with E-state index in [1.54, 1.807) is 0 Å². The Morgan fingerprint density at radius 1 is 0.556 bits per heavy atom. The predicted molar refractivity (Wildman–Crippen MR) is 36.2 cm³/mol. The van der Waals surface area contributed by atoms with Crippen molar-refractivity contribution in [1.29, 1.82) is 0 Å². The molecular formula is C4H16N4Re. The van der Waals surface area contributed by atoms with Crippen LogP contribution in [0, 0.1) is 0 Å². The summed E-state index contributed by atoms with van der Waals surface area (Å²) in [5.74, 6) is 0. The van der Waals surface area contributed by atoms with E-state index >= 15 is 0 Å². The minimum atomic E-state index is 0. The van der Waals surface area contributed by atoms with Crippen molar-refractivity contribution in [2.24, 2.45) is 22.9 Å². The first-order chi connectivity index (χ1) is 3.83. The first-order valence-corrected chi connectivity index (χ1v) is 2.63. The van der Waals surface area contributed by atoms with E-state index in [4.69, 9.17) is 22.9 Å². The summed E-state index contributed by atoms with van der Waals surface area (Å²) >= 11 is 0. The number of rotatable bonds is 2. The van der Waals surface area contributed by atoms with Gasteiger partial charge >= 0.3 is 0 Å². The Morgan fingerprint density at radius 2 is 0.667 bits per heavy atom. The van der Waals surface area contributed by atoms with E-state index in [2.05, 4.69) is 0 Å². The summed E-state index contributed by atoms with van der Waals surface area (Å²) in [6.07, 6.45) is 0. The SMILES string of the molecule is NCCN.NCCN.[Re]. The molecule has 1 radical (unpaired) electrons. The fourth-order valence-corrected chi connectivity index (χ4v) is 0. The van der Waals surface area contributed by atoms with Crippen molar-refractivity contribution < 1.29 is 20.4 Å². The maximum absolute atomic E-state index is 4.90. The van der Waals surface area contributed by atoms with Gasteiger partial charge in [0.05, 0.1) is 0 Å². The molecule has 0 aliphatic heterocycles. The molecule has 59 valence electrons. The molecule has 4 nitrogen and oxygen atoms in total. The summed E-state index contributed by atoms with van der Waals surface area (Å²) in [4.78, 5) is 0. The van der Waals surface area contributed by atoms with Crippen molar-refractivity contribution in [1.82, 2.24) is 0 Å². The van der Waals surface area contributed by atoms with Crippen LogP contribution in [-0.4, -0.2) is 26.2 Å². The molecule has 0 aliphatic rings. The topological polar surface area (TPSA) is 104 Å². The van der Waals surface area contributed by atoms with Crippen LogP contribution in [0.1, 0.15) is 0 Å². The van der Waals surface area contributed by atoms with E-state index in [-0.39, 0.29) is 20.4 Å². The van der Waals surface area contributed by atoms with Gasteiger partial charge in [0.1, 0.15) is 0 Å². The third-order valence-electron chi connectivity index (χ3n) is 0.333.